The summed E-state index contributed by atoms with van der Waals surface area (Å²) in [5.41, 5.74) is 13.2. The Hall–Kier alpha value is -2.57. The fourth-order valence-corrected chi connectivity index (χ4v) is 2.72. The Bertz CT molecular complexity index is 752. The quantitative estimate of drug-likeness (QED) is 0.732. The lowest BCUT2D eigenvalue weighted by Crippen LogP contribution is -2.27. The van der Waals surface area contributed by atoms with Crippen LogP contribution in [0.25, 0.3) is 0 Å². The number of ketones is 1. The molecule has 1 aliphatic heterocycles. The van der Waals surface area contributed by atoms with Crippen molar-refractivity contribution in [1.29, 1.82) is 0 Å². The fraction of sp³-hybridized carbons (Fsp3) is 0.357. The van der Waals surface area contributed by atoms with Gasteiger partial charge in [0.05, 0.1) is 11.4 Å². The number of allylic oxidation sites excluding steroid dienone is 3. The molecule has 2 heterocycles. The molecule has 0 amide bonds. The molecule has 0 unspecified atom stereocenters. The predicted molar refractivity (Wildman–Crippen MR) is 80.5 cm³/mol. The molecule has 1 aromatic heterocycles. The topological polar surface area (TPSA) is 108 Å². The number of anilines is 1. The number of hydrogen-bond acceptors (Lipinski definition) is 5. The van der Waals surface area contributed by atoms with E-state index in [9.17, 15) is 9.59 Å². The maximum absolute atomic E-state index is 12.4. The zero-order chi connectivity index (χ0) is 15.1. The van der Waals surface area contributed by atoms with E-state index in [4.69, 9.17) is 11.5 Å². The maximum Gasteiger partial charge on any atom is 0.294 e. The number of carbonyl (C=O) groups excluding carboxylic acids is 1. The van der Waals surface area contributed by atoms with Crippen molar-refractivity contribution < 1.29 is 4.79 Å². The summed E-state index contributed by atoms with van der Waals surface area (Å²) in [6.45, 7) is 3.09. The Morgan fingerprint density at radius 1 is 1.10 bits per heavy atom. The first-order chi connectivity index (χ1) is 9.99. The van der Waals surface area contributed by atoms with E-state index in [1.807, 2.05) is 0 Å². The van der Waals surface area contributed by atoms with Crippen LogP contribution in [0.4, 0.5) is 11.5 Å². The normalized spacial score (nSPS) is 20.2. The largest absolute Gasteiger partial charge is 0.397 e. The van der Waals surface area contributed by atoms with Crippen LogP contribution in [-0.4, -0.2) is 20.9 Å². The van der Waals surface area contributed by atoms with Crippen molar-refractivity contribution in [3.63, 3.8) is 0 Å². The third-order valence-electron chi connectivity index (χ3n) is 3.77. The Balaban J connectivity index is 2.15. The van der Waals surface area contributed by atoms with Crippen molar-refractivity contribution in [1.82, 2.24) is 9.36 Å². The summed E-state index contributed by atoms with van der Waals surface area (Å²) >= 11 is 0. The van der Waals surface area contributed by atoms with E-state index >= 15 is 0 Å². The van der Waals surface area contributed by atoms with E-state index in [2.05, 4.69) is 4.99 Å². The van der Waals surface area contributed by atoms with Crippen molar-refractivity contribution in [3.8, 4) is 0 Å². The monoisotopic (exact) mass is 287 g/mol. The lowest BCUT2D eigenvalue weighted by Gasteiger charge is -2.17. The molecule has 3 rings (SSSR count). The van der Waals surface area contributed by atoms with Crippen molar-refractivity contribution >= 4 is 23.0 Å². The first-order valence-corrected chi connectivity index (χ1v) is 6.87. The second-order valence-corrected chi connectivity index (χ2v) is 5.28. The summed E-state index contributed by atoms with van der Waals surface area (Å²) in [7, 11) is 0. The number of rotatable bonds is 1. The summed E-state index contributed by atoms with van der Waals surface area (Å²) in [4.78, 5) is 28.1. The van der Waals surface area contributed by atoms with Crippen LogP contribution in [0.3, 0.4) is 0 Å². The van der Waals surface area contributed by atoms with Crippen LogP contribution in [0.1, 0.15) is 19.8 Å². The van der Waals surface area contributed by atoms with Gasteiger partial charge in [0, 0.05) is 19.2 Å². The Labute approximate surface area is 121 Å². The Morgan fingerprint density at radius 3 is 2.38 bits per heavy atom. The third-order valence-corrected chi connectivity index (χ3v) is 3.77. The van der Waals surface area contributed by atoms with Crippen LogP contribution in [0, 0.1) is 0 Å². The smallest absolute Gasteiger partial charge is 0.294 e. The van der Waals surface area contributed by atoms with Crippen molar-refractivity contribution in [2.75, 3.05) is 5.73 Å². The molecule has 0 aromatic carbocycles. The molecular formula is C14H17N5O2. The van der Waals surface area contributed by atoms with Crippen LogP contribution in [0.15, 0.2) is 33.2 Å². The molecule has 0 atom stereocenters. The minimum atomic E-state index is -0.211. The summed E-state index contributed by atoms with van der Waals surface area (Å²) in [5.74, 6) is 0.175. The van der Waals surface area contributed by atoms with Gasteiger partial charge in [-0.25, -0.2) is 9.67 Å². The highest BCUT2D eigenvalue weighted by atomic mass is 16.1. The van der Waals surface area contributed by atoms with Crippen LogP contribution in [0.5, 0.6) is 0 Å². The van der Waals surface area contributed by atoms with E-state index in [0.717, 1.165) is 12.8 Å². The molecule has 110 valence electrons. The number of aliphatic imine (C=N–C) groups is 1. The average molecular weight is 287 g/mol. The molecule has 21 heavy (non-hydrogen) atoms. The molecular weight excluding hydrogens is 270 g/mol. The minimum Gasteiger partial charge on any atom is -0.397 e. The molecule has 1 aromatic rings. The maximum atomic E-state index is 12.4. The molecule has 0 fully saturated rings. The number of carbonyl (C=O) groups is 1. The molecule has 1 aliphatic carbocycles. The number of nitrogens with zero attached hydrogens (tertiary/aromatic N) is 3. The molecule has 7 nitrogen and oxygen atoms in total. The second-order valence-electron chi connectivity index (χ2n) is 5.28. The van der Waals surface area contributed by atoms with Gasteiger partial charge in [-0.05, 0) is 31.4 Å². The van der Waals surface area contributed by atoms with E-state index in [1.54, 1.807) is 16.3 Å². The van der Waals surface area contributed by atoms with Crippen molar-refractivity contribution in [2.45, 2.75) is 32.9 Å². The molecule has 0 saturated heterocycles. The molecule has 7 heteroatoms. The van der Waals surface area contributed by atoms with Gasteiger partial charge in [-0.15, -0.1) is 0 Å². The number of hydrogen-bond donors (Lipinski definition) is 2. The van der Waals surface area contributed by atoms with Gasteiger partial charge in [0.25, 0.3) is 5.56 Å². The second kappa shape index (κ2) is 4.76. The number of fused-ring (bicyclic) bond motifs is 1. The molecule has 2 aliphatic rings. The van der Waals surface area contributed by atoms with E-state index in [0.29, 0.717) is 30.2 Å². The number of nitrogens with two attached hydrogens (primary N) is 2. The van der Waals surface area contributed by atoms with Crippen LogP contribution in [0.2, 0.25) is 0 Å². The summed E-state index contributed by atoms with van der Waals surface area (Å²) in [6, 6.07) is 0. The summed E-state index contributed by atoms with van der Waals surface area (Å²) in [6.07, 6.45) is 4.69. The average Bonchev–Trinajstić information content (AvgIpc) is 2.67. The molecule has 0 saturated carbocycles. The van der Waals surface area contributed by atoms with Gasteiger partial charge in [0.2, 0.25) is 0 Å². The van der Waals surface area contributed by atoms with Crippen molar-refractivity contribution in [3.05, 3.63) is 33.8 Å². The van der Waals surface area contributed by atoms with Gasteiger partial charge in [0.1, 0.15) is 0 Å². The summed E-state index contributed by atoms with van der Waals surface area (Å²) in [5, 5.41) is 0. The van der Waals surface area contributed by atoms with Gasteiger partial charge in [0.15, 0.2) is 17.3 Å². The lowest BCUT2D eigenvalue weighted by atomic mass is 10.0. The van der Waals surface area contributed by atoms with Crippen LogP contribution in [-0.2, 0) is 17.9 Å². The lowest BCUT2D eigenvalue weighted by molar-refractivity contribution is -0.110. The van der Waals surface area contributed by atoms with Gasteiger partial charge >= 0.3 is 0 Å². The highest BCUT2D eigenvalue weighted by molar-refractivity contribution is 6.22. The predicted octanol–water partition coefficient (Wildman–Crippen LogP) is 0.470. The zero-order valence-corrected chi connectivity index (χ0v) is 11.8. The first kappa shape index (κ1) is 13.4. The summed E-state index contributed by atoms with van der Waals surface area (Å²) < 4.78 is 3.38. The zero-order valence-electron chi connectivity index (χ0n) is 11.8. The molecule has 0 radical (unpaired) electrons. The van der Waals surface area contributed by atoms with E-state index < -0.39 is 0 Å². The highest BCUT2D eigenvalue weighted by Gasteiger charge is 2.22. The SMILES string of the molecule is CC1=CC(=O)C=C(N)C1=Nc1c(N)n2n(c1=O)CCCC2. The first-order valence-electron chi connectivity index (χ1n) is 6.87. The van der Waals surface area contributed by atoms with Gasteiger partial charge < -0.3 is 11.5 Å². The Morgan fingerprint density at radius 2 is 1.76 bits per heavy atom. The fourth-order valence-electron chi connectivity index (χ4n) is 2.72. The highest BCUT2D eigenvalue weighted by Crippen LogP contribution is 2.24. The number of aromatic nitrogens is 2. The van der Waals surface area contributed by atoms with Crippen LogP contribution >= 0.6 is 0 Å². The van der Waals surface area contributed by atoms with Gasteiger partial charge in [-0.3, -0.25) is 14.3 Å². The van der Waals surface area contributed by atoms with E-state index in [1.165, 1.54) is 12.2 Å². The molecule has 0 bridgehead atoms. The number of nitrogen functional groups attached to an aromatic ring is 1. The van der Waals surface area contributed by atoms with E-state index in [-0.39, 0.29) is 22.7 Å². The third kappa shape index (κ3) is 2.10. The minimum absolute atomic E-state index is 0.176. The van der Waals surface area contributed by atoms with Crippen LogP contribution < -0.4 is 17.0 Å². The van der Waals surface area contributed by atoms with Gasteiger partial charge in [-0.2, -0.15) is 0 Å². The molecule has 0 spiro atoms. The van der Waals surface area contributed by atoms with Crippen molar-refractivity contribution in [2.24, 2.45) is 10.7 Å². The van der Waals surface area contributed by atoms with Gasteiger partial charge in [-0.1, -0.05) is 0 Å². The Kier molecular flexibility index (Phi) is 3.04. The molecule has 4 N–H and O–H groups in total. The standard InChI is InChI=1S/C14H17N5O2/c1-8-6-9(20)7-10(15)11(8)17-12-13(16)18-4-2-3-5-19(18)14(12)21/h6-7H,2-5,15-16H2,1H3.